The van der Waals surface area contributed by atoms with Crippen LogP contribution in [-0.4, -0.2) is 30.8 Å². The Bertz CT molecular complexity index is 754. The second-order valence-electron chi connectivity index (χ2n) is 6.11. The number of amides is 1. The first-order chi connectivity index (χ1) is 12.5. The van der Waals surface area contributed by atoms with Crippen LogP contribution in [0.3, 0.4) is 0 Å². The van der Waals surface area contributed by atoms with Gasteiger partial charge in [0.15, 0.2) is 12.4 Å². The van der Waals surface area contributed by atoms with E-state index in [1.54, 1.807) is 6.07 Å². The fourth-order valence-corrected chi connectivity index (χ4v) is 3.19. The molecule has 0 fully saturated rings. The van der Waals surface area contributed by atoms with Gasteiger partial charge in [-0.1, -0.05) is 37.3 Å². The average Bonchev–Trinajstić information content (AvgIpc) is 3.09. The Morgan fingerprint density at radius 2 is 1.81 bits per heavy atom. The number of rotatable bonds is 9. The van der Waals surface area contributed by atoms with Gasteiger partial charge in [-0.15, -0.1) is 11.3 Å². The molecule has 1 atom stereocenters. The molecule has 1 aromatic carbocycles. The van der Waals surface area contributed by atoms with Crippen LogP contribution in [0.1, 0.15) is 45.8 Å². The van der Waals surface area contributed by atoms with Gasteiger partial charge in [0.25, 0.3) is 5.91 Å². The largest absolute Gasteiger partial charge is 0.456 e. The van der Waals surface area contributed by atoms with Gasteiger partial charge in [-0.05, 0) is 30.5 Å². The van der Waals surface area contributed by atoms with Crippen LogP contribution in [0.2, 0.25) is 0 Å². The maximum absolute atomic E-state index is 11.9. The summed E-state index contributed by atoms with van der Waals surface area (Å²) in [6.45, 7) is 4.08. The molecule has 6 heteroatoms. The van der Waals surface area contributed by atoms with Gasteiger partial charge in [0.05, 0.1) is 11.3 Å². The Balaban J connectivity index is 1.64. The first-order valence-electron chi connectivity index (χ1n) is 8.52. The lowest BCUT2D eigenvalue weighted by Gasteiger charge is -2.13. The minimum Gasteiger partial charge on any atom is -0.456 e. The Morgan fingerprint density at radius 3 is 2.46 bits per heavy atom. The minimum absolute atomic E-state index is 0.0243. The van der Waals surface area contributed by atoms with Crippen molar-refractivity contribution in [3.63, 3.8) is 0 Å². The molecule has 1 aromatic heterocycles. The van der Waals surface area contributed by atoms with Crippen molar-refractivity contribution in [1.82, 2.24) is 5.32 Å². The number of aryl methyl sites for hydroxylation is 1. The Kier molecular flexibility index (Phi) is 7.53. The van der Waals surface area contributed by atoms with Gasteiger partial charge in [0, 0.05) is 17.8 Å². The predicted molar refractivity (Wildman–Crippen MR) is 101 cm³/mol. The summed E-state index contributed by atoms with van der Waals surface area (Å²) in [6.07, 6.45) is 0.0644. The maximum atomic E-state index is 11.9. The van der Waals surface area contributed by atoms with Crippen molar-refractivity contribution in [1.29, 1.82) is 0 Å². The van der Waals surface area contributed by atoms with E-state index in [0.717, 1.165) is 10.4 Å². The van der Waals surface area contributed by atoms with Crippen LogP contribution in [0.25, 0.3) is 0 Å². The molecular formula is C20H23NO4S. The van der Waals surface area contributed by atoms with E-state index >= 15 is 0 Å². The fraction of sp³-hybridized carbons (Fsp3) is 0.350. The Hall–Kier alpha value is -2.47. The van der Waals surface area contributed by atoms with Gasteiger partial charge in [-0.3, -0.25) is 14.4 Å². The molecule has 0 spiro atoms. The van der Waals surface area contributed by atoms with Crippen LogP contribution in [0.15, 0.2) is 42.5 Å². The molecule has 1 amide bonds. The molecule has 0 aliphatic heterocycles. The molecule has 26 heavy (non-hydrogen) atoms. The van der Waals surface area contributed by atoms with E-state index in [0.29, 0.717) is 11.4 Å². The third-order valence-corrected chi connectivity index (χ3v) is 4.95. The van der Waals surface area contributed by atoms with Crippen molar-refractivity contribution in [2.45, 2.75) is 32.6 Å². The molecule has 0 aliphatic carbocycles. The smallest absolute Gasteiger partial charge is 0.306 e. The molecule has 0 unspecified atom stereocenters. The number of ketones is 1. The average molecular weight is 373 g/mol. The normalized spacial score (nSPS) is 11.6. The summed E-state index contributed by atoms with van der Waals surface area (Å²) in [5, 5.41) is 2.75. The second kappa shape index (κ2) is 9.87. The lowest BCUT2D eigenvalue weighted by Crippen LogP contribution is -2.31. The molecule has 0 saturated heterocycles. The summed E-state index contributed by atoms with van der Waals surface area (Å²) in [6, 6.07) is 13.5. The second-order valence-corrected chi connectivity index (χ2v) is 7.40. The molecular weight excluding hydrogens is 350 g/mol. The SMILES string of the molecule is Cc1ccc(C(=O)CCC(=O)OCC(=O)NC[C@H](C)c2ccccc2)s1. The molecule has 138 valence electrons. The van der Waals surface area contributed by atoms with Crippen LogP contribution in [-0.2, 0) is 14.3 Å². The number of nitrogens with one attached hydrogen (secondary N) is 1. The topological polar surface area (TPSA) is 72.5 Å². The number of hydrogen-bond donors (Lipinski definition) is 1. The molecule has 2 aromatic rings. The quantitative estimate of drug-likeness (QED) is 0.539. The predicted octanol–water partition coefficient (Wildman–Crippen LogP) is 3.48. The number of carbonyl (C=O) groups excluding carboxylic acids is 3. The fourth-order valence-electron chi connectivity index (χ4n) is 2.36. The lowest BCUT2D eigenvalue weighted by atomic mass is 10.0. The Labute approximate surface area is 157 Å². The van der Waals surface area contributed by atoms with Gasteiger partial charge in [0.2, 0.25) is 0 Å². The number of thiophene rings is 1. The summed E-state index contributed by atoms with van der Waals surface area (Å²) in [5.41, 5.74) is 1.13. The Morgan fingerprint density at radius 1 is 1.08 bits per heavy atom. The highest BCUT2D eigenvalue weighted by Crippen LogP contribution is 2.17. The van der Waals surface area contributed by atoms with E-state index in [4.69, 9.17) is 4.74 Å². The van der Waals surface area contributed by atoms with Crippen molar-refractivity contribution in [2.75, 3.05) is 13.2 Å². The molecule has 5 nitrogen and oxygen atoms in total. The van der Waals surface area contributed by atoms with Crippen LogP contribution in [0.5, 0.6) is 0 Å². The minimum atomic E-state index is -0.544. The zero-order valence-electron chi connectivity index (χ0n) is 15.0. The lowest BCUT2D eigenvalue weighted by molar-refractivity contribution is -0.148. The summed E-state index contributed by atoms with van der Waals surface area (Å²) in [7, 11) is 0. The first kappa shape index (κ1) is 19.8. The monoisotopic (exact) mass is 373 g/mol. The van der Waals surface area contributed by atoms with Gasteiger partial charge >= 0.3 is 5.97 Å². The van der Waals surface area contributed by atoms with Crippen LogP contribution < -0.4 is 5.32 Å². The van der Waals surface area contributed by atoms with E-state index in [2.05, 4.69) is 5.32 Å². The number of benzene rings is 1. The summed E-state index contributed by atoms with van der Waals surface area (Å²) in [5.74, 6) is -0.803. The zero-order valence-corrected chi connectivity index (χ0v) is 15.8. The summed E-state index contributed by atoms with van der Waals surface area (Å²) in [4.78, 5) is 37.1. The molecule has 2 rings (SSSR count). The van der Waals surface area contributed by atoms with Crippen LogP contribution in [0.4, 0.5) is 0 Å². The number of hydrogen-bond acceptors (Lipinski definition) is 5. The van der Waals surface area contributed by atoms with E-state index < -0.39 is 5.97 Å². The number of carbonyl (C=O) groups is 3. The third-order valence-electron chi connectivity index (χ3n) is 3.91. The molecule has 0 bridgehead atoms. The number of esters is 1. The van der Waals surface area contributed by atoms with Crippen molar-refractivity contribution in [3.05, 3.63) is 57.8 Å². The zero-order chi connectivity index (χ0) is 18.9. The summed E-state index contributed by atoms with van der Waals surface area (Å²) < 4.78 is 4.93. The highest BCUT2D eigenvalue weighted by molar-refractivity contribution is 7.14. The maximum Gasteiger partial charge on any atom is 0.306 e. The van der Waals surface area contributed by atoms with Crippen molar-refractivity contribution in [3.8, 4) is 0 Å². The van der Waals surface area contributed by atoms with Crippen molar-refractivity contribution >= 4 is 29.0 Å². The van der Waals surface area contributed by atoms with Gasteiger partial charge in [-0.2, -0.15) is 0 Å². The van der Waals surface area contributed by atoms with Gasteiger partial charge in [0.1, 0.15) is 0 Å². The van der Waals surface area contributed by atoms with Crippen LogP contribution in [0, 0.1) is 6.92 Å². The van der Waals surface area contributed by atoms with E-state index in [-0.39, 0.29) is 37.1 Å². The number of Topliss-reactive ketones (excluding diaryl/α,β-unsaturated/α-hetero) is 1. The van der Waals surface area contributed by atoms with Gasteiger partial charge < -0.3 is 10.1 Å². The first-order valence-corrected chi connectivity index (χ1v) is 9.34. The highest BCUT2D eigenvalue weighted by atomic mass is 32.1. The highest BCUT2D eigenvalue weighted by Gasteiger charge is 2.13. The molecule has 0 aliphatic rings. The number of ether oxygens (including phenoxy) is 1. The molecule has 0 radical (unpaired) electrons. The van der Waals surface area contributed by atoms with E-state index in [1.165, 1.54) is 11.3 Å². The van der Waals surface area contributed by atoms with Crippen LogP contribution >= 0.6 is 11.3 Å². The van der Waals surface area contributed by atoms with Crippen molar-refractivity contribution in [2.24, 2.45) is 0 Å². The van der Waals surface area contributed by atoms with Gasteiger partial charge in [-0.25, -0.2) is 0 Å². The molecule has 0 saturated carbocycles. The molecule has 1 heterocycles. The molecule has 1 N–H and O–H groups in total. The van der Waals surface area contributed by atoms with E-state index in [1.807, 2.05) is 50.2 Å². The third kappa shape index (κ3) is 6.44. The van der Waals surface area contributed by atoms with E-state index in [9.17, 15) is 14.4 Å². The summed E-state index contributed by atoms with van der Waals surface area (Å²) >= 11 is 1.41. The van der Waals surface area contributed by atoms with Crippen molar-refractivity contribution < 1.29 is 19.1 Å². The standard InChI is InChI=1S/C20H23NO4S/c1-14(16-6-4-3-5-7-16)12-21-19(23)13-25-20(24)11-9-17(22)18-10-8-15(2)26-18/h3-8,10,14H,9,11-13H2,1-2H3,(H,21,23)/t14-/m0/s1.